The van der Waals surface area contributed by atoms with Gasteiger partial charge in [0.25, 0.3) is 5.91 Å². The van der Waals surface area contributed by atoms with Crippen molar-refractivity contribution in [2.45, 2.75) is 44.2 Å². The van der Waals surface area contributed by atoms with Gasteiger partial charge in [0.15, 0.2) is 0 Å². The van der Waals surface area contributed by atoms with Crippen LogP contribution in [-0.2, 0) is 4.79 Å². The lowest BCUT2D eigenvalue weighted by Crippen LogP contribution is -2.38. The van der Waals surface area contributed by atoms with Crippen LogP contribution in [0.3, 0.4) is 0 Å². The van der Waals surface area contributed by atoms with Gasteiger partial charge in [0.2, 0.25) is 5.91 Å². The van der Waals surface area contributed by atoms with Gasteiger partial charge in [-0.05, 0) is 44.2 Å². The molecule has 1 unspecified atom stereocenters. The zero-order valence-electron chi connectivity index (χ0n) is 14.0. The van der Waals surface area contributed by atoms with Crippen LogP contribution in [0.2, 0.25) is 0 Å². The molecule has 2 amide bonds. The zero-order chi connectivity index (χ0) is 17.2. The molecule has 25 heavy (non-hydrogen) atoms. The maximum absolute atomic E-state index is 12.6. The number of aromatic nitrogens is 1. The largest absolute Gasteiger partial charge is 0.358 e. The van der Waals surface area contributed by atoms with Crippen LogP contribution in [0.15, 0.2) is 30.3 Å². The molecule has 6 nitrogen and oxygen atoms in total. The summed E-state index contributed by atoms with van der Waals surface area (Å²) < 4.78 is 0. The first-order valence-electron chi connectivity index (χ1n) is 8.95. The van der Waals surface area contributed by atoms with Crippen molar-refractivity contribution < 1.29 is 9.59 Å². The van der Waals surface area contributed by atoms with Gasteiger partial charge in [-0.15, -0.1) is 0 Å². The number of amides is 2. The first-order chi connectivity index (χ1) is 12.2. The maximum atomic E-state index is 12.6. The zero-order valence-corrected chi connectivity index (χ0v) is 14.0. The molecule has 4 rings (SSSR count). The highest BCUT2D eigenvalue weighted by Gasteiger charge is 2.26. The molecule has 2 heterocycles. The van der Waals surface area contributed by atoms with E-state index in [0.29, 0.717) is 17.4 Å². The summed E-state index contributed by atoms with van der Waals surface area (Å²) in [7, 11) is 0. The van der Waals surface area contributed by atoms with E-state index in [2.05, 4.69) is 20.9 Å². The second-order valence-corrected chi connectivity index (χ2v) is 6.80. The summed E-state index contributed by atoms with van der Waals surface area (Å²) in [5.41, 5.74) is 1.36. The van der Waals surface area contributed by atoms with Crippen molar-refractivity contribution in [2.24, 2.45) is 0 Å². The standard InChI is InChI=1S/C19H22N4O2/c24-18(21-12-8-9-12)14-11-17(22-15-6-2-1-5-13(14)15)23-16-7-3-4-10-20-19(16)25/h1-2,5-6,11-12,16H,3-4,7-10H2,(H,20,25)(H,21,24)(H,22,23). The van der Waals surface area contributed by atoms with E-state index >= 15 is 0 Å². The number of hydrogen-bond acceptors (Lipinski definition) is 4. The summed E-state index contributed by atoms with van der Waals surface area (Å²) >= 11 is 0. The molecule has 1 saturated heterocycles. The molecule has 1 atom stereocenters. The quantitative estimate of drug-likeness (QED) is 0.798. The lowest BCUT2D eigenvalue weighted by molar-refractivity contribution is -0.121. The van der Waals surface area contributed by atoms with Crippen LogP contribution in [0, 0.1) is 0 Å². The molecule has 0 spiro atoms. The van der Waals surface area contributed by atoms with Crippen LogP contribution in [0.4, 0.5) is 5.82 Å². The van der Waals surface area contributed by atoms with Gasteiger partial charge in [0.05, 0.1) is 11.1 Å². The Hall–Kier alpha value is -2.63. The van der Waals surface area contributed by atoms with Crippen LogP contribution in [0.5, 0.6) is 0 Å². The number of carbonyl (C=O) groups is 2. The lowest BCUT2D eigenvalue weighted by atomic mass is 10.1. The highest BCUT2D eigenvalue weighted by atomic mass is 16.2. The fourth-order valence-corrected chi connectivity index (χ4v) is 3.18. The minimum absolute atomic E-state index is 0.00330. The highest BCUT2D eigenvalue weighted by molar-refractivity contribution is 6.07. The predicted molar refractivity (Wildman–Crippen MR) is 96.5 cm³/mol. The monoisotopic (exact) mass is 338 g/mol. The lowest BCUT2D eigenvalue weighted by Gasteiger charge is -2.17. The van der Waals surface area contributed by atoms with Gasteiger partial charge in [-0.3, -0.25) is 9.59 Å². The number of nitrogens with one attached hydrogen (secondary N) is 3. The van der Waals surface area contributed by atoms with Gasteiger partial charge in [0, 0.05) is 18.0 Å². The minimum atomic E-state index is -0.310. The molecule has 1 aromatic carbocycles. The van der Waals surface area contributed by atoms with Gasteiger partial charge in [-0.1, -0.05) is 18.2 Å². The number of benzene rings is 1. The molecule has 1 aromatic heterocycles. The van der Waals surface area contributed by atoms with Crippen LogP contribution in [0.25, 0.3) is 10.9 Å². The van der Waals surface area contributed by atoms with E-state index in [1.54, 1.807) is 6.07 Å². The van der Waals surface area contributed by atoms with Gasteiger partial charge in [-0.25, -0.2) is 4.98 Å². The predicted octanol–water partition coefficient (Wildman–Crippen LogP) is 2.21. The Morgan fingerprint density at radius 1 is 1.16 bits per heavy atom. The van der Waals surface area contributed by atoms with Crippen molar-refractivity contribution in [1.82, 2.24) is 15.6 Å². The number of rotatable bonds is 4. The molecule has 2 fully saturated rings. The Bertz CT molecular complexity index is 816. The molecule has 3 N–H and O–H groups in total. The maximum Gasteiger partial charge on any atom is 0.252 e. The van der Waals surface area contributed by atoms with E-state index in [9.17, 15) is 9.59 Å². The van der Waals surface area contributed by atoms with Gasteiger partial charge >= 0.3 is 0 Å². The van der Waals surface area contributed by atoms with E-state index in [1.165, 1.54) is 0 Å². The second-order valence-electron chi connectivity index (χ2n) is 6.80. The van der Waals surface area contributed by atoms with E-state index < -0.39 is 0 Å². The summed E-state index contributed by atoms with van der Waals surface area (Å²) in [6, 6.07) is 9.36. The molecule has 130 valence electrons. The average molecular weight is 338 g/mol. The molecule has 6 heteroatoms. The molecule has 2 aliphatic rings. The Kier molecular flexibility index (Phi) is 4.26. The van der Waals surface area contributed by atoms with Gasteiger partial charge in [-0.2, -0.15) is 0 Å². The first-order valence-corrected chi connectivity index (χ1v) is 8.95. The third kappa shape index (κ3) is 3.57. The smallest absolute Gasteiger partial charge is 0.252 e. The third-order valence-corrected chi connectivity index (χ3v) is 4.73. The number of anilines is 1. The van der Waals surface area contributed by atoms with Crippen molar-refractivity contribution >= 4 is 28.5 Å². The number of nitrogens with zero attached hydrogens (tertiary/aromatic N) is 1. The first kappa shape index (κ1) is 15.9. The second kappa shape index (κ2) is 6.70. The SMILES string of the molecule is O=C(NC1CC1)c1cc(NC2CCCCNC2=O)nc2ccccc12. The fraction of sp³-hybridized carbons (Fsp3) is 0.421. The minimum Gasteiger partial charge on any atom is -0.358 e. The third-order valence-electron chi connectivity index (χ3n) is 4.73. The molecule has 0 bridgehead atoms. The Morgan fingerprint density at radius 2 is 2.00 bits per heavy atom. The van der Waals surface area contributed by atoms with Crippen LogP contribution >= 0.6 is 0 Å². The van der Waals surface area contributed by atoms with Crippen molar-refractivity contribution in [3.8, 4) is 0 Å². The average Bonchev–Trinajstić information content (AvgIpc) is 3.44. The Labute approximate surface area is 146 Å². The Balaban J connectivity index is 1.66. The van der Waals surface area contributed by atoms with Crippen molar-refractivity contribution in [1.29, 1.82) is 0 Å². The van der Waals surface area contributed by atoms with E-state index in [-0.39, 0.29) is 17.9 Å². The van der Waals surface area contributed by atoms with Crippen LogP contribution in [0.1, 0.15) is 42.5 Å². The van der Waals surface area contributed by atoms with Gasteiger partial charge < -0.3 is 16.0 Å². The molecule has 0 radical (unpaired) electrons. The topological polar surface area (TPSA) is 83.1 Å². The van der Waals surface area contributed by atoms with E-state index in [1.807, 2.05) is 24.3 Å². The van der Waals surface area contributed by atoms with E-state index in [4.69, 9.17) is 0 Å². The number of carbonyl (C=O) groups excluding carboxylic acids is 2. The number of fused-ring (bicyclic) bond motifs is 1. The number of para-hydroxylation sites is 1. The summed E-state index contributed by atoms with van der Waals surface area (Å²) in [5.74, 6) is 0.493. The molecule has 1 saturated carbocycles. The van der Waals surface area contributed by atoms with Crippen LogP contribution < -0.4 is 16.0 Å². The van der Waals surface area contributed by atoms with Gasteiger partial charge in [0.1, 0.15) is 11.9 Å². The highest BCUT2D eigenvalue weighted by Crippen LogP contribution is 2.24. The molecule has 2 aromatic rings. The summed E-state index contributed by atoms with van der Waals surface area (Å²) in [5, 5.41) is 10.0. The number of hydrogen-bond donors (Lipinski definition) is 3. The van der Waals surface area contributed by atoms with Crippen molar-refractivity contribution in [3.63, 3.8) is 0 Å². The normalized spacial score (nSPS) is 20.6. The van der Waals surface area contributed by atoms with E-state index in [0.717, 1.165) is 49.6 Å². The van der Waals surface area contributed by atoms with Crippen molar-refractivity contribution in [3.05, 3.63) is 35.9 Å². The summed E-state index contributed by atoms with van der Waals surface area (Å²) in [6.07, 6.45) is 4.83. The molecular weight excluding hydrogens is 316 g/mol. The molecular formula is C19H22N4O2. The Morgan fingerprint density at radius 3 is 2.84 bits per heavy atom. The summed E-state index contributed by atoms with van der Waals surface area (Å²) in [6.45, 7) is 0.719. The number of pyridine rings is 1. The summed E-state index contributed by atoms with van der Waals surface area (Å²) in [4.78, 5) is 29.4. The fourth-order valence-electron chi connectivity index (χ4n) is 3.18. The van der Waals surface area contributed by atoms with Crippen molar-refractivity contribution in [2.75, 3.05) is 11.9 Å². The molecule has 1 aliphatic carbocycles. The van der Waals surface area contributed by atoms with Crippen LogP contribution in [-0.4, -0.2) is 35.4 Å². The molecule has 1 aliphatic heterocycles.